The van der Waals surface area contributed by atoms with Crippen LogP contribution >= 0.6 is 0 Å². The lowest BCUT2D eigenvalue weighted by Gasteiger charge is -2.16. The molecule has 2 N–H and O–H groups in total. The van der Waals surface area contributed by atoms with Gasteiger partial charge in [-0.05, 0) is 19.1 Å². The van der Waals surface area contributed by atoms with Crippen LogP contribution in [0.15, 0.2) is 23.2 Å². The van der Waals surface area contributed by atoms with Gasteiger partial charge in [0, 0.05) is 12.5 Å². The van der Waals surface area contributed by atoms with E-state index >= 15 is 0 Å². The Hall–Kier alpha value is -1.85. The minimum atomic E-state index is -0.715. The van der Waals surface area contributed by atoms with Crippen LogP contribution in [0.2, 0.25) is 0 Å². The Morgan fingerprint density at radius 1 is 1.56 bits per heavy atom. The summed E-state index contributed by atoms with van der Waals surface area (Å²) < 4.78 is 36.5. The normalized spacial score (nSPS) is 20.2. The van der Waals surface area contributed by atoms with Gasteiger partial charge >= 0.3 is 0 Å². The fourth-order valence-corrected chi connectivity index (χ4v) is 1.78. The van der Waals surface area contributed by atoms with Crippen molar-refractivity contribution in [1.29, 1.82) is 0 Å². The van der Waals surface area contributed by atoms with E-state index < -0.39 is 11.6 Å². The smallest absolute Gasteiger partial charge is 0.282 e. The minimum absolute atomic E-state index is 0.0276. The van der Waals surface area contributed by atoms with E-state index in [-0.39, 0.29) is 23.9 Å². The third kappa shape index (κ3) is 3.09. The highest BCUT2D eigenvalue weighted by atomic mass is 19.1. The first-order valence-corrected chi connectivity index (χ1v) is 5.62. The highest BCUT2D eigenvalue weighted by molar-refractivity contribution is 5.73. The SMILES string of the molecule is C[C@@H](C[C@@H]1COC(N)=N1)Oc1ccc(F)cc1F. The maximum Gasteiger partial charge on any atom is 0.282 e. The number of hydrogen-bond donors (Lipinski definition) is 1. The second kappa shape index (κ2) is 5.20. The fourth-order valence-electron chi connectivity index (χ4n) is 1.78. The molecule has 0 saturated carbocycles. The summed E-state index contributed by atoms with van der Waals surface area (Å²) in [5, 5.41) is 0. The van der Waals surface area contributed by atoms with Gasteiger partial charge in [0.25, 0.3) is 6.02 Å². The molecule has 4 nitrogen and oxygen atoms in total. The third-order valence-corrected chi connectivity index (χ3v) is 2.56. The Labute approximate surface area is 103 Å². The molecule has 1 aromatic carbocycles. The zero-order valence-electron chi connectivity index (χ0n) is 9.90. The van der Waals surface area contributed by atoms with Crippen LogP contribution in [-0.4, -0.2) is 24.8 Å². The monoisotopic (exact) mass is 256 g/mol. The number of aliphatic imine (C=N–C) groups is 1. The summed E-state index contributed by atoms with van der Waals surface area (Å²) >= 11 is 0. The van der Waals surface area contributed by atoms with Gasteiger partial charge in [0.2, 0.25) is 0 Å². The van der Waals surface area contributed by atoms with Gasteiger partial charge < -0.3 is 15.2 Å². The van der Waals surface area contributed by atoms with Gasteiger partial charge in [-0.2, -0.15) is 0 Å². The molecule has 0 bridgehead atoms. The molecule has 0 amide bonds. The maximum absolute atomic E-state index is 13.3. The van der Waals surface area contributed by atoms with Crippen molar-refractivity contribution in [2.45, 2.75) is 25.5 Å². The van der Waals surface area contributed by atoms with Crippen molar-refractivity contribution < 1.29 is 18.3 Å². The topological polar surface area (TPSA) is 56.8 Å². The fraction of sp³-hybridized carbons (Fsp3) is 0.417. The van der Waals surface area contributed by atoms with Crippen molar-refractivity contribution in [3.63, 3.8) is 0 Å². The predicted molar refractivity (Wildman–Crippen MR) is 62.4 cm³/mol. The first-order chi connectivity index (χ1) is 8.54. The highest BCUT2D eigenvalue weighted by Crippen LogP contribution is 2.21. The van der Waals surface area contributed by atoms with Crippen molar-refractivity contribution >= 4 is 6.02 Å². The van der Waals surface area contributed by atoms with Gasteiger partial charge in [-0.3, -0.25) is 0 Å². The van der Waals surface area contributed by atoms with Gasteiger partial charge in [-0.25, -0.2) is 13.8 Å². The standard InChI is InChI=1S/C12H14F2N2O2/c1-7(4-9-6-17-12(15)16-9)18-11-3-2-8(13)5-10(11)14/h2-3,5,7,9H,4,6H2,1H3,(H2,15,16)/t7-,9+/m0/s1. The van der Waals surface area contributed by atoms with Crippen LogP contribution in [0.25, 0.3) is 0 Å². The lowest BCUT2D eigenvalue weighted by Crippen LogP contribution is -2.20. The molecule has 0 fully saturated rings. The number of nitrogens with two attached hydrogens (primary N) is 1. The summed E-state index contributed by atoms with van der Waals surface area (Å²) in [6.45, 7) is 2.19. The Kier molecular flexibility index (Phi) is 3.64. The number of benzene rings is 1. The molecule has 6 heteroatoms. The molecule has 1 aromatic rings. The summed E-state index contributed by atoms with van der Waals surface area (Å²) in [5.74, 6) is -1.32. The second-order valence-corrected chi connectivity index (χ2v) is 4.17. The Morgan fingerprint density at radius 3 is 2.94 bits per heavy atom. The molecule has 18 heavy (non-hydrogen) atoms. The van der Waals surface area contributed by atoms with Crippen molar-refractivity contribution in [2.75, 3.05) is 6.61 Å². The largest absolute Gasteiger partial charge is 0.488 e. The van der Waals surface area contributed by atoms with Crippen LogP contribution < -0.4 is 10.5 Å². The van der Waals surface area contributed by atoms with Gasteiger partial charge in [-0.1, -0.05) is 0 Å². The molecule has 2 rings (SSSR count). The molecule has 0 aromatic heterocycles. The molecule has 0 radical (unpaired) electrons. The molecule has 0 aliphatic carbocycles. The number of rotatable bonds is 4. The molecule has 0 saturated heterocycles. The van der Waals surface area contributed by atoms with Crippen molar-refractivity contribution in [2.24, 2.45) is 10.7 Å². The first-order valence-electron chi connectivity index (χ1n) is 5.62. The van der Waals surface area contributed by atoms with E-state index in [1.807, 2.05) is 0 Å². The van der Waals surface area contributed by atoms with Crippen molar-refractivity contribution in [1.82, 2.24) is 0 Å². The quantitative estimate of drug-likeness (QED) is 0.894. The lowest BCUT2D eigenvalue weighted by molar-refractivity contribution is 0.182. The second-order valence-electron chi connectivity index (χ2n) is 4.17. The number of nitrogens with zero attached hydrogens (tertiary/aromatic N) is 1. The average Bonchev–Trinajstić information content (AvgIpc) is 2.68. The highest BCUT2D eigenvalue weighted by Gasteiger charge is 2.20. The molecule has 98 valence electrons. The van der Waals surface area contributed by atoms with Gasteiger partial charge in [0.1, 0.15) is 12.4 Å². The number of hydrogen-bond acceptors (Lipinski definition) is 4. The summed E-state index contributed by atoms with van der Waals surface area (Å²) in [4.78, 5) is 4.05. The van der Waals surface area contributed by atoms with E-state index in [1.165, 1.54) is 6.07 Å². The van der Waals surface area contributed by atoms with E-state index in [2.05, 4.69) is 4.99 Å². The Balaban J connectivity index is 1.92. The van der Waals surface area contributed by atoms with Gasteiger partial charge in [0.15, 0.2) is 11.6 Å². The third-order valence-electron chi connectivity index (χ3n) is 2.56. The van der Waals surface area contributed by atoms with Crippen LogP contribution in [0.5, 0.6) is 5.75 Å². The molecule has 0 spiro atoms. The molecule has 2 atom stereocenters. The average molecular weight is 256 g/mol. The van der Waals surface area contributed by atoms with E-state index in [9.17, 15) is 8.78 Å². The van der Waals surface area contributed by atoms with Crippen LogP contribution in [0.3, 0.4) is 0 Å². The van der Waals surface area contributed by atoms with Crippen LogP contribution in [0.4, 0.5) is 8.78 Å². The maximum atomic E-state index is 13.3. The lowest BCUT2D eigenvalue weighted by atomic mass is 10.1. The zero-order valence-corrected chi connectivity index (χ0v) is 9.90. The van der Waals surface area contributed by atoms with Gasteiger partial charge in [0.05, 0.1) is 12.1 Å². The van der Waals surface area contributed by atoms with E-state index in [1.54, 1.807) is 6.92 Å². The zero-order chi connectivity index (χ0) is 13.1. The number of amidine groups is 1. The van der Waals surface area contributed by atoms with Crippen LogP contribution in [0.1, 0.15) is 13.3 Å². The minimum Gasteiger partial charge on any atom is -0.488 e. The van der Waals surface area contributed by atoms with Gasteiger partial charge in [-0.15, -0.1) is 0 Å². The molecular weight excluding hydrogens is 242 g/mol. The molecular formula is C12H14F2N2O2. The van der Waals surface area contributed by atoms with E-state index in [0.29, 0.717) is 13.0 Å². The summed E-state index contributed by atoms with van der Waals surface area (Å²) in [6, 6.07) is 3.30. The first kappa shape index (κ1) is 12.6. The summed E-state index contributed by atoms with van der Waals surface area (Å²) in [7, 11) is 0. The Bertz CT molecular complexity index is 465. The summed E-state index contributed by atoms with van der Waals surface area (Å²) in [5.41, 5.74) is 5.38. The molecule has 1 heterocycles. The molecule has 0 unspecified atom stereocenters. The van der Waals surface area contributed by atoms with Crippen LogP contribution in [-0.2, 0) is 4.74 Å². The van der Waals surface area contributed by atoms with E-state index in [4.69, 9.17) is 15.2 Å². The van der Waals surface area contributed by atoms with E-state index in [0.717, 1.165) is 12.1 Å². The number of halogens is 2. The van der Waals surface area contributed by atoms with Crippen LogP contribution in [0, 0.1) is 11.6 Å². The summed E-state index contributed by atoms with van der Waals surface area (Å²) in [6.07, 6.45) is 0.283. The van der Waals surface area contributed by atoms with Crippen molar-refractivity contribution in [3.8, 4) is 5.75 Å². The predicted octanol–water partition coefficient (Wildman–Crippen LogP) is 1.84. The molecule has 1 aliphatic rings. The number of ether oxygens (including phenoxy) is 2. The van der Waals surface area contributed by atoms with Crippen molar-refractivity contribution in [3.05, 3.63) is 29.8 Å². The Morgan fingerprint density at radius 2 is 2.33 bits per heavy atom. The molecule has 1 aliphatic heterocycles.